The van der Waals surface area contributed by atoms with E-state index in [0.717, 1.165) is 60.6 Å². The van der Waals surface area contributed by atoms with Crippen LogP contribution in [0.2, 0.25) is 0 Å². The molecule has 10 aromatic carbocycles. The number of benzene rings is 10. The van der Waals surface area contributed by atoms with Gasteiger partial charge in [-0.05, 0) is 84.4 Å². The van der Waals surface area contributed by atoms with Crippen LogP contribution < -0.4 is 0 Å². The van der Waals surface area contributed by atoms with E-state index in [2.05, 4.69) is 194 Å². The number of aromatic nitrogens is 1. The summed E-state index contributed by atoms with van der Waals surface area (Å²) < 4.78 is 6.57. The Bertz CT molecular complexity index is 3510. The Kier molecular flexibility index (Phi) is 6.96. The van der Waals surface area contributed by atoms with Crippen LogP contribution in [0.25, 0.3) is 121 Å². The Labute approximate surface area is 328 Å². The molecule has 0 bridgehead atoms. The number of rotatable bonds is 4. The Hall–Kier alpha value is -7.55. The van der Waals surface area contributed by atoms with Gasteiger partial charge in [-0.1, -0.05) is 176 Å². The predicted molar refractivity (Wildman–Crippen MR) is 241 cm³/mol. The lowest BCUT2D eigenvalue weighted by Crippen LogP contribution is -1.93. The Morgan fingerprint density at radius 2 is 0.772 bits per heavy atom. The van der Waals surface area contributed by atoms with Gasteiger partial charge < -0.3 is 4.42 Å². The monoisotopic (exact) mass is 723 g/mol. The van der Waals surface area contributed by atoms with Gasteiger partial charge in [0.15, 0.2) is 0 Å². The van der Waals surface area contributed by atoms with Crippen LogP contribution >= 0.6 is 0 Å². The molecule has 0 saturated heterocycles. The molecule has 0 atom stereocenters. The van der Waals surface area contributed by atoms with Gasteiger partial charge in [0.25, 0.3) is 0 Å². The second-order valence-corrected chi connectivity index (χ2v) is 15.0. The second kappa shape index (κ2) is 12.5. The number of pyridine rings is 1. The molecule has 0 spiro atoms. The first-order valence-electron chi connectivity index (χ1n) is 19.5. The zero-order valence-electron chi connectivity index (χ0n) is 30.9. The maximum Gasteiger partial charge on any atom is 0.136 e. The summed E-state index contributed by atoms with van der Waals surface area (Å²) in [4.78, 5) is 5.33. The van der Waals surface area contributed by atoms with Crippen molar-refractivity contribution in [2.24, 2.45) is 0 Å². The lowest BCUT2D eigenvalue weighted by atomic mass is 9.89. The molecule has 0 N–H and O–H groups in total. The van der Waals surface area contributed by atoms with Crippen LogP contribution in [0.4, 0.5) is 0 Å². The van der Waals surface area contributed by atoms with E-state index in [4.69, 9.17) is 9.40 Å². The fourth-order valence-corrected chi connectivity index (χ4v) is 9.19. The molecule has 2 heterocycles. The Morgan fingerprint density at radius 3 is 1.44 bits per heavy atom. The second-order valence-electron chi connectivity index (χ2n) is 15.0. The van der Waals surface area contributed by atoms with Crippen LogP contribution in [-0.2, 0) is 0 Å². The molecule has 0 amide bonds. The van der Waals surface area contributed by atoms with Crippen LogP contribution in [0.1, 0.15) is 0 Å². The lowest BCUT2D eigenvalue weighted by Gasteiger charge is -2.16. The van der Waals surface area contributed by atoms with E-state index in [1.165, 1.54) is 60.0 Å². The standard InChI is InChI=1S/C55H33NO/c1-2-12-37(13-3-1)52-53-45-18-8-10-20-49(45)56-55(48(53)33-51-54(52)46-19-9-11-21-50(46)57-51)38-28-26-35(27-29-38)34-22-24-36(25-23-34)39-30-31-44-42-16-5-4-14-40(42)41-15-6-7-17-43(41)47(44)32-39/h1-33H. The molecule has 0 unspecified atom stereocenters. The largest absolute Gasteiger partial charge is 0.456 e. The molecule has 0 aliphatic heterocycles. The minimum atomic E-state index is 0.866. The van der Waals surface area contributed by atoms with Crippen molar-refractivity contribution in [3.8, 4) is 44.6 Å². The van der Waals surface area contributed by atoms with E-state index in [1.54, 1.807) is 0 Å². The summed E-state index contributed by atoms with van der Waals surface area (Å²) in [5.74, 6) is 0. The van der Waals surface area contributed by atoms with Crippen molar-refractivity contribution in [3.05, 3.63) is 200 Å². The third-order valence-corrected chi connectivity index (χ3v) is 11.8. The van der Waals surface area contributed by atoms with Crippen LogP contribution in [0.15, 0.2) is 205 Å². The van der Waals surface area contributed by atoms with E-state index in [9.17, 15) is 0 Å². The molecule has 12 rings (SSSR count). The highest BCUT2D eigenvalue weighted by Gasteiger charge is 2.21. The third kappa shape index (κ3) is 4.94. The van der Waals surface area contributed by atoms with Crippen LogP contribution in [-0.4, -0.2) is 4.98 Å². The van der Waals surface area contributed by atoms with Gasteiger partial charge in [0.05, 0.1) is 11.2 Å². The molecular formula is C55H33NO. The van der Waals surface area contributed by atoms with E-state index < -0.39 is 0 Å². The molecule has 0 fully saturated rings. The number of para-hydroxylation sites is 2. The molecular weight excluding hydrogens is 691 g/mol. The smallest absolute Gasteiger partial charge is 0.136 e. The SMILES string of the molecule is c1ccc(-c2c3c(cc4c(-c5ccc(-c6ccc(-c7ccc8c9ccccc9c9ccccc9c8c7)cc6)cc5)nc5ccccc5c24)oc2ccccc23)cc1. The van der Waals surface area contributed by atoms with Gasteiger partial charge in [0.2, 0.25) is 0 Å². The third-order valence-electron chi connectivity index (χ3n) is 11.8. The summed E-state index contributed by atoms with van der Waals surface area (Å²) in [5, 5.41) is 13.4. The minimum Gasteiger partial charge on any atom is -0.456 e. The molecule has 0 aliphatic rings. The maximum atomic E-state index is 6.57. The Morgan fingerprint density at radius 1 is 0.281 bits per heavy atom. The summed E-state index contributed by atoms with van der Waals surface area (Å²) in [7, 11) is 0. The van der Waals surface area contributed by atoms with E-state index in [0.29, 0.717) is 0 Å². The highest BCUT2D eigenvalue weighted by Crippen LogP contribution is 2.46. The molecule has 2 heteroatoms. The van der Waals surface area contributed by atoms with E-state index >= 15 is 0 Å². The number of hydrogen-bond donors (Lipinski definition) is 0. The summed E-state index contributed by atoms with van der Waals surface area (Å²) in [6.45, 7) is 0. The highest BCUT2D eigenvalue weighted by atomic mass is 16.3. The zero-order chi connectivity index (χ0) is 37.5. The molecule has 0 aliphatic carbocycles. The Balaban J connectivity index is 0.968. The molecule has 0 radical (unpaired) electrons. The fraction of sp³-hybridized carbons (Fsp3) is 0. The van der Waals surface area contributed by atoms with Crippen LogP contribution in [0.5, 0.6) is 0 Å². The molecule has 2 aromatic heterocycles. The molecule has 57 heavy (non-hydrogen) atoms. The van der Waals surface area contributed by atoms with Gasteiger partial charge in [-0.3, -0.25) is 0 Å². The molecule has 12 aromatic rings. The fourth-order valence-electron chi connectivity index (χ4n) is 9.19. The summed E-state index contributed by atoms with van der Waals surface area (Å²) >= 11 is 0. The van der Waals surface area contributed by atoms with E-state index in [-0.39, 0.29) is 0 Å². The van der Waals surface area contributed by atoms with Crippen molar-refractivity contribution < 1.29 is 4.42 Å². The normalized spacial score (nSPS) is 11.9. The topological polar surface area (TPSA) is 26.0 Å². The van der Waals surface area contributed by atoms with Crippen molar-refractivity contribution in [1.82, 2.24) is 4.98 Å². The van der Waals surface area contributed by atoms with Crippen molar-refractivity contribution >= 4 is 75.9 Å². The van der Waals surface area contributed by atoms with Crippen molar-refractivity contribution in [2.45, 2.75) is 0 Å². The number of furan rings is 1. The van der Waals surface area contributed by atoms with Gasteiger partial charge in [0, 0.05) is 38.1 Å². The first-order valence-corrected chi connectivity index (χ1v) is 19.5. The highest BCUT2D eigenvalue weighted by molar-refractivity contribution is 6.28. The number of hydrogen-bond acceptors (Lipinski definition) is 2. The van der Waals surface area contributed by atoms with Gasteiger partial charge in [-0.15, -0.1) is 0 Å². The van der Waals surface area contributed by atoms with Crippen LogP contribution in [0.3, 0.4) is 0 Å². The number of nitrogens with zero attached hydrogens (tertiary/aromatic N) is 1. The molecule has 264 valence electrons. The first-order chi connectivity index (χ1) is 28.3. The van der Waals surface area contributed by atoms with Gasteiger partial charge in [-0.25, -0.2) is 4.98 Å². The average Bonchev–Trinajstić information content (AvgIpc) is 3.66. The summed E-state index contributed by atoms with van der Waals surface area (Å²) in [6, 6.07) is 72.0. The average molecular weight is 724 g/mol. The summed E-state index contributed by atoms with van der Waals surface area (Å²) in [6.07, 6.45) is 0. The zero-order valence-corrected chi connectivity index (χ0v) is 30.9. The summed E-state index contributed by atoms with van der Waals surface area (Å²) in [5.41, 5.74) is 11.8. The maximum absolute atomic E-state index is 6.57. The quantitative estimate of drug-likeness (QED) is 0.169. The van der Waals surface area contributed by atoms with Crippen molar-refractivity contribution in [3.63, 3.8) is 0 Å². The van der Waals surface area contributed by atoms with E-state index in [1.807, 2.05) is 6.07 Å². The minimum absolute atomic E-state index is 0.866. The molecule has 2 nitrogen and oxygen atoms in total. The van der Waals surface area contributed by atoms with Crippen molar-refractivity contribution in [2.75, 3.05) is 0 Å². The van der Waals surface area contributed by atoms with Gasteiger partial charge in [-0.2, -0.15) is 0 Å². The van der Waals surface area contributed by atoms with Gasteiger partial charge >= 0.3 is 0 Å². The molecule has 0 saturated carbocycles. The lowest BCUT2D eigenvalue weighted by molar-refractivity contribution is 0.669. The van der Waals surface area contributed by atoms with Crippen molar-refractivity contribution in [1.29, 1.82) is 0 Å². The predicted octanol–water partition coefficient (Wildman–Crippen LogP) is 15.4. The van der Waals surface area contributed by atoms with Gasteiger partial charge in [0.1, 0.15) is 11.2 Å². The van der Waals surface area contributed by atoms with Crippen LogP contribution in [0, 0.1) is 0 Å². The first kappa shape index (κ1) is 31.8. The number of fused-ring (bicyclic) bond motifs is 12.